The van der Waals surface area contributed by atoms with Crippen LogP contribution in [0.5, 0.6) is 0 Å². The molecule has 1 atom stereocenters. The Labute approximate surface area is 66.3 Å². The number of carboxylic acid groups (broad SMARTS) is 1. The lowest BCUT2D eigenvalue weighted by atomic mass is 10.2. The molecule has 0 aromatic carbocycles. The van der Waals surface area contributed by atoms with Gasteiger partial charge in [0, 0.05) is 12.1 Å². The molecule has 0 saturated carbocycles. The highest BCUT2D eigenvalue weighted by Crippen LogP contribution is 1.86. The van der Waals surface area contributed by atoms with Crippen LogP contribution in [0.2, 0.25) is 0 Å². The van der Waals surface area contributed by atoms with E-state index in [0.717, 1.165) is 12.5 Å². The molecule has 0 rings (SSSR count). The lowest BCUT2D eigenvalue weighted by Gasteiger charge is -1.96. The normalized spacial score (nSPS) is 12.6. The van der Waals surface area contributed by atoms with Gasteiger partial charge in [0.1, 0.15) is 0 Å². The maximum Gasteiger partial charge on any atom is 0.328 e. The fourth-order valence-corrected chi connectivity index (χ4v) is 0.342. The van der Waals surface area contributed by atoms with Crippen LogP contribution in [0.3, 0.4) is 0 Å². The Hall–Kier alpha value is -0.540. The quantitative estimate of drug-likeness (QED) is 0.608. The third-order valence-corrected chi connectivity index (χ3v) is 0.957. The maximum absolute atomic E-state index is 9.88. The van der Waals surface area contributed by atoms with Gasteiger partial charge in [-0.15, -0.1) is 12.4 Å². The fourth-order valence-electron chi connectivity index (χ4n) is 0.342. The molecule has 3 nitrogen and oxygen atoms in total. The van der Waals surface area contributed by atoms with Crippen molar-refractivity contribution in [2.75, 3.05) is 0 Å². The zero-order chi connectivity index (χ0) is 7.28. The molecule has 0 unspecified atom stereocenters. The Bertz CT molecular complexity index is 125. The summed E-state index contributed by atoms with van der Waals surface area (Å²) in [6, 6.07) is -0.124. The number of hydrogen-bond donors (Lipinski definition) is 2. The highest BCUT2D eigenvalue weighted by Gasteiger charge is 1.91. The summed E-state index contributed by atoms with van der Waals surface area (Å²) < 4.78 is 0. The summed E-state index contributed by atoms with van der Waals surface area (Å²) in [5.41, 5.74) is 5.37. The molecule has 0 saturated heterocycles. The Balaban J connectivity index is 0. The average Bonchev–Trinajstić information content (AvgIpc) is 1.83. The number of carbonyl (C=O) groups is 1. The highest BCUT2D eigenvalue weighted by atomic mass is 35.5. The van der Waals surface area contributed by atoms with E-state index < -0.39 is 5.97 Å². The van der Waals surface area contributed by atoms with Gasteiger partial charge in [-0.25, -0.2) is 4.79 Å². The predicted octanol–water partition coefficient (Wildman–Crippen LogP) is 0.786. The second-order valence-corrected chi connectivity index (χ2v) is 1.77. The minimum absolute atomic E-state index is 0. The first kappa shape index (κ1) is 12.2. The Morgan fingerprint density at radius 2 is 2.30 bits per heavy atom. The van der Waals surface area contributed by atoms with Crippen LogP contribution in [-0.2, 0) is 4.79 Å². The predicted molar refractivity (Wildman–Crippen MR) is 42.3 cm³/mol. The summed E-state index contributed by atoms with van der Waals surface area (Å²) in [6.07, 6.45) is 3.31. The standard InChI is InChI=1S/C6H11NO2.ClH/c1-2-5(7)3-4-6(8)9;/h3-5H,2,7H2,1H3,(H,8,9);1H/b4-3+;/t5-;/m1./s1. The number of nitrogens with two attached hydrogens (primary N) is 1. The van der Waals surface area contributed by atoms with E-state index in [1.54, 1.807) is 0 Å². The largest absolute Gasteiger partial charge is 0.478 e. The lowest BCUT2D eigenvalue weighted by molar-refractivity contribution is -0.131. The van der Waals surface area contributed by atoms with Crippen molar-refractivity contribution in [1.82, 2.24) is 0 Å². The smallest absolute Gasteiger partial charge is 0.328 e. The minimum Gasteiger partial charge on any atom is -0.478 e. The van der Waals surface area contributed by atoms with Crippen molar-refractivity contribution in [3.8, 4) is 0 Å². The van der Waals surface area contributed by atoms with E-state index >= 15 is 0 Å². The number of halogens is 1. The van der Waals surface area contributed by atoms with Gasteiger partial charge in [0.25, 0.3) is 0 Å². The van der Waals surface area contributed by atoms with Crippen molar-refractivity contribution in [3.63, 3.8) is 0 Å². The van der Waals surface area contributed by atoms with Crippen molar-refractivity contribution in [3.05, 3.63) is 12.2 Å². The lowest BCUT2D eigenvalue weighted by Crippen LogP contribution is -2.15. The first-order valence-electron chi connectivity index (χ1n) is 2.83. The second kappa shape index (κ2) is 6.58. The number of aliphatic carboxylic acids is 1. The van der Waals surface area contributed by atoms with Gasteiger partial charge in [-0.3, -0.25) is 0 Å². The van der Waals surface area contributed by atoms with Gasteiger partial charge in [0.05, 0.1) is 0 Å². The van der Waals surface area contributed by atoms with E-state index in [1.807, 2.05) is 6.92 Å². The summed E-state index contributed by atoms with van der Waals surface area (Å²) in [5, 5.41) is 8.12. The molecular formula is C6H12ClNO2. The van der Waals surface area contributed by atoms with E-state index in [1.165, 1.54) is 6.08 Å². The minimum atomic E-state index is -0.945. The maximum atomic E-state index is 9.88. The first-order chi connectivity index (χ1) is 4.16. The van der Waals surface area contributed by atoms with Crippen molar-refractivity contribution >= 4 is 18.4 Å². The number of rotatable bonds is 3. The summed E-state index contributed by atoms with van der Waals surface area (Å²) >= 11 is 0. The van der Waals surface area contributed by atoms with Crippen LogP contribution in [0.4, 0.5) is 0 Å². The molecule has 0 heterocycles. The average molecular weight is 166 g/mol. The molecule has 60 valence electrons. The van der Waals surface area contributed by atoms with Crippen LogP contribution < -0.4 is 5.73 Å². The molecule has 0 aromatic rings. The topological polar surface area (TPSA) is 63.3 Å². The number of carboxylic acids is 1. The van der Waals surface area contributed by atoms with Gasteiger partial charge >= 0.3 is 5.97 Å². The van der Waals surface area contributed by atoms with E-state index in [0.29, 0.717) is 0 Å². The van der Waals surface area contributed by atoms with E-state index in [4.69, 9.17) is 10.8 Å². The molecule has 0 aliphatic carbocycles. The third kappa shape index (κ3) is 7.46. The molecule has 0 aromatic heterocycles. The molecule has 3 N–H and O–H groups in total. The third-order valence-electron chi connectivity index (χ3n) is 0.957. The van der Waals surface area contributed by atoms with Crippen molar-refractivity contribution in [2.45, 2.75) is 19.4 Å². The molecule has 0 radical (unpaired) electrons. The SMILES string of the molecule is CC[C@@H](N)/C=C/C(=O)O.Cl. The van der Waals surface area contributed by atoms with Crippen molar-refractivity contribution in [1.29, 1.82) is 0 Å². The van der Waals surface area contributed by atoms with Crippen molar-refractivity contribution < 1.29 is 9.90 Å². The Morgan fingerprint density at radius 1 is 1.80 bits per heavy atom. The second-order valence-electron chi connectivity index (χ2n) is 1.77. The van der Waals surface area contributed by atoms with Gasteiger partial charge in [-0.2, -0.15) is 0 Å². The zero-order valence-corrected chi connectivity index (χ0v) is 6.60. The van der Waals surface area contributed by atoms with Crippen LogP contribution in [0.15, 0.2) is 12.2 Å². The van der Waals surface area contributed by atoms with E-state index in [2.05, 4.69) is 0 Å². The van der Waals surface area contributed by atoms with Crippen LogP contribution in [-0.4, -0.2) is 17.1 Å². The summed E-state index contributed by atoms with van der Waals surface area (Å²) in [7, 11) is 0. The molecule has 0 spiro atoms. The molecule has 0 aliphatic heterocycles. The van der Waals surface area contributed by atoms with Crippen molar-refractivity contribution in [2.24, 2.45) is 5.73 Å². The van der Waals surface area contributed by atoms with Gasteiger partial charge in [0.2, 0.25) is 0 Å². The zero-order valence-electron chi connectivity index (χ0n) is 5.78. The van der Waals surface area contributed by atoms with Gasteiger partial charge < -0.3 is 10.8 Å². The molecule has 0 fully saturated rings. The van der Waals surface area contributed by atoms with Crippen LogP contribution in [0, 0.1) is 0 Å². The van der Waals surface area contributed by atoms with Crippen LogP contribution in [0.25, 0.3) is 0 Å². The Morgan fingerprint density at radius 3 is 2.60 bits per heavy atom. The fraction of sp³-hybridized carbons (Fsp3) is 0.500. The molecular weight excluding hydrogens is 154 g/mol. The molecule has 0 amide bonds. The van der Waals surface area contributed by atoms with Crippen LogP contribution >= 0.6 is 12.4 Å². The first-order valence-corrected chi connectivity index (χ1v) is 2.83. The molecule has 0 aliphatic rings. The Kier molecular flexibility index (Phi) is 8.00. The molecule has 4 heteroatoms. The van der Waals surface area contributed by atoms with Gasteiger partial charge in [-0.1, -0.05) is 13.0 Å². The summed E-state index contributed by atoms with van der Waals surface area (Å²) in [4.78, 5) is 9.88. The summed E-state index contributed by atoms with van der Waals surface area (Å²) in [5.74, 6) is -0.945. The van der Waals surface area contributed by atoms with E-state index in [-0.39, 0.29) is 18.4 Å². The monoisotopic (exact) mass is 165 g/mol. The summed E-state index contributed by atoms with van der Waals surface area (Å²) in [6.45, 7) is 1.90. The molecule has 0 bridgehead atoms. The molecule has 10 heavy (non-hydrogen) atoms. The van der Waals surface area contributed by atoms with Gasteiger partial charge in [-0.05, 0) is 6.42 Å². The van der Waals surface area contributed by atoms with Gasteiger partial charge in [0.15, 0.2) is 0 Å². The van der Waals surface area contributed by atoms with Crippen LogP contribution in [0.1, 0.15) is 13.3 Å². The number of hydrogen-bond acceptors (Lipinski definition) is 2. The van der Waals surface area contributed by atoms with E-state index in [9.17, 15) is 4.79 Å². The highest BCUT2D eigenvalue weighted by molar-refractivity contribution is 5.85.